The number of nitrogens with zero attached hydrogens (tertiary/aromatic N) is 2. The number of thioether (sulfide) groups is 2. The molecule has 1 N–H and O–H groups in total. The van der Waals surface area contributed by atoms with Gasteiger partial charge in [-0.3, -0.25) is 5.10 Å². The van der Waals surface area contributed by atoms with Crippen LogP contribution in [-0.4, -0.2) is 32.9 Å². The molecule has 2 rings (SSSR count). The van der Waals surface area contributed by atoms with Gasteiger partial charge in [0.1, 0.15) is 0 Å². The topological polar surface area (TPSA) is 41.6 Å². The normalized spacial score (nSPS) is 10.7. The molecule has 6 heteroatoms. The van der Waals surface area contributed by atoms with E-state index in [0.29, 0.717) is 0 Å². The molecule has 2 aromatic rings. The smallest absolute Gasteiger partial charge is 0.208 e. The molecule has 0 spiro atoms. The van der Waals surface area contributed by atoms with Crippen LogP contribution in [0.2, 0.25) is 0 Å². The molecule has 0 aliphatic heterocycles. The summed E-state index contributed by atoms with van der Waals surface area (Å²) in [5, 5.41) is 7.98. The molecule has 0 fully saturated rings. The molecule has 3 nitrogen and oxygen atoms in total. The monoisotopic (exact) mass is 329 g/mol. The molecule has 0 saturated heterocycles. The largest absolute Gasteiger partial charge is 0.258 e. The number of hydrogen-bond donors (Lipinski definition) is 1. The van der Waals surface area contributed by atoms with Gasteiger partial charge in [-0.05, 0) is 12.3 Å². The molecule has 17 heavy (non-hydrogen) atoms. The van der Waals surface area contributed by atoms with Crippen LogP contribution < -0.4 is 0 Å². The molecule has 0 atom stereocenters. The lowest BCUT2D eigenvalue weighted by molar-refractivity contribution is 0.974. The zero-order valence-electron chi connectivity index (χ0n) is 9.31. The van der Waals surface area contributed by atoms with Gasteiger partial charge < -0.3 is 0 Å². The Balaban J connectivity index is 2.10. The van der Waals surface area contributed by atoms with Crippen molar-refractivity contribution < 1.29 is 0 Å². The van der Waals surface area contributed by atoms with Crippen molar-refractivity contribution in [2.24, 2.45) is 0 Å². The van der Waals surface area contributed by atoms with Gasteiger partial charge in [0.2, 0.25) is 5.16 Å². The second kappa shape index (κ2) is 6.47. The number of aromatic amines is 1. The highest BCUT2D eigenvalue weighted by atomic mass is 79.9. The van der Waals surface area contributed by atoms with E-state index in [1.54, 1.807) is 11.8 Å². The Bertz CT molecular complexity index is 487. The van der Waals surface area contributed by atoms with Crippen molar-refractivity contribution in [3.05, 3.63) is 28.7 Å². The number of H-pyrrole nitrogens is 1. The Morgan fingerprint density at radius 3 is 2.88 bits per heavy atom. The molecule has 0 aliphatic rings. The highest BCUT2D eigenvalue weighted by Gasteiger charge is 2.08. The fourth-order valence-electron chi connectivity index (χ4n) is 1.30. The summed E-state index contributed by atoms with van der Waals surface area (Å²) in [7, 11) is 0. The molecule has 0 saturated carbocycles. The third-order valence-corrected chi connectivity index (χ3v) is 4.52. The van der Waals surface area contributed by atoms with Gasteiger partial charge in [0.15, 0.2) is 5.82 Å². The van der Waals surface area contributed by atoms with E-state index in [2.05, 4.69) is 37.4 Å². The number of rotatable bonds is 5. The van der Waals surface area contributed by atoms with Crippen LogP contribution in [0.25, 0.3) is 11.4 Å². The number of nitrogens with one attached hydrogen (secondary N) is 1. The lowest BCUT2D eigenvalue weighted by atomic mass is 10.2. The number of hydrogen-bond acceptors (Lipinski definition) is 4. The van der Waals surface area contributed by atoms with Crippen LogP contribution in [0.1, 0.15) is 0 Å². The van der Waals surface area contributed by atoms with Gasteiger partial charge in [-0.1, -0.05) is 45.9 Å². The molecule has 0 aliphatic carbocycles. The van der Waals surface area contributed by atoms with Crippen LogP contribution in [0.5, 0.6) is 0 Å². The van der Waals surface area contributed by atoms with E-state index in [1.165, 1.54) is 0 Å². The summed E-state index contributed by atoms with van der Waals surface area (Å²) in [5.41, 5.74) is 1.04. The maximum atomic E-state index is 4.47. The number of halogens is 1. The highest BCUT2D eigenvalue weighted by molar-refractivity contribution is 9.10. The number of benzene rings is 1. The first-order valence-corrected chi connectivity index (χ1v) is 8.27. The standard InChI is InChI=1S/C11H12BrN3S2/c1-16-6-7-17-11-13-10(14-15-11)8-4-2-3-5-9(8)12/h2-5H,6-7H2,1H3,(H,13,14,15). The third-order valence-electron chi connectivity index (χ3n) is 2.11. The second-order valence-electron chi connectivity index (χ2n) is 3.29. The third kappa shape index (κ3) is 3.50. The first kappa shape index (κ1) is 13.0. The minimum atomic E-state index is 0.809. The summed E-state index contributed by atoms with van der Waals surface area (Å²) in [6.07, 6.45) is 2.10. The molecule has 0 bridgehead atoms. The molecule has 1 aromatic heterocycles. The fraction of sp³-hybridized carbons (Fsp3) is 0.273. The average molecular weight is 330 g/mol. The summed E-state index contributed by atoms with van der Waals surface area (Å²) in [4.78, 5) is 4.47. The van der Waals surface area contributed by atoms with E-state index in [0.717, 1.165) is 32.5 Å². The van der Waals surface area contributed by atoms with Crippen molar-refractivity contribution in [3.8, 4) is 11.4 Å². The van der Waals surface area contributed by atoms with Gasteiger partial charge >= 0.3 is 0 Å². The predicted octanol–water partition coefficient (Wildman–Crippen LogP) is 3.69. The quantitative estimate of drug-likeness (QED) is 0.671. The summed E-state index contributed by atoms with van der Waals surface area (Å²) >= 11 is 7.02. The van der Waals surface area contributed by atoms with Crippen LogP contribution in [-0.2, 0) is 0 Å². The van der Waals surface area contributed by atoms with E-state index in [4.69, 9.17) is 0 Å². The van der Waals surface area contributed by atoms with E-state index in [1.807, 2.05) is 36.0 Å². The van der Waals surface area contributed by atoms with E-state index < -0.39 is 0 Å². The molecule has 0 unspecified atom stereocenters. The average Bonchev–Trinajstić information content (AvgIpc) is 2.79. The Hall–Kier alpha value is -0.460. The van der Waals surface area contributed by atoms with Crippen molar-refractivity contribution in [1.82, 2.24) is 15.2 Å². The molecule has 1 aromatic carbocycles. The lowest BCUT2D eigenvalue weighted by Gasteiger charge is -1.98. The van der Waals surface area contributed by atoms with E-state index in [9.17, 15) is 0 Å². The number of aromatic nitrogens is 3. The fourth-order valence-corrected chi connectivity index (χ4v) is 3.22. The summed E-state index contributed by atoms with van der Waals surface area (Å²) in [6, 6.07) is 7.99. The zero-order valence-corrected chi connectivity index (χ0v) is 12.5. The minimum Gasteiger partial charge on any atom is -0.258 e. The van der Waals surface area contributed by atoms with Crippen molar-refractivity contribution in [2.45, 2.75) is 5.16 Å². The molecular formula is C11H12BrN3S2. The van der Waals surface area contributed by atoms with Gasteiger partial charge in [0.25, 0.3) is 0 Å². The molecule has 90 valence electrons. The maximum Gasteiger partial charge on any atom is 0.208 e. The second-order valence-corrected chi connectivity index (χ2v) is 6.19. The van der Waals surface area contributed by atoms with Gasteiger partial charge in [-0.15, -0.1) is 5.10 Å². The maximum absolute atomic E-state index is 4.47. The van der Waals surface area contributed by atoms with E-state index in [-0.39, 0.29) is 0 Å². The van der Waals surface area contributed by atoms with Crippen LogP contribution in [0.15, 0.2) is 33.9 Å². The van der Waals surface area contributed by atoms with Gasteiger partial charge in [0, 0.05) is 21.5 Å². The van der Waals surface area contributed by atoms with Crippen molar-refractivity contribution in [2.75, 3.05) is 17.8 Å². The van der Waals surface area contributed by atoms with Gasteiger partial charge in [0.05, 0.1) is 0 Å². The lowest BCUT2D eigenvalue weighted by Crippen LogP contribution is -1.84. The Morgan fingerprint density at radius 2 is 2.12 bits per heavy atom. The van der Waals surface area contributed by atoms with Gasteiger partial charge in [-0.25, -0.2) is 4.98 Å². The van der Waals surface area contributed by atoms with Crippen molar-refractivity contribution in [1.29, 1.82) is 0 Å². The Labute approximate surface area is 117 Å². The van der Waals surface area contributed by atoms with Crippen molar-refractivity contribution in [3.63, 3.8) is 0 Å². The summed E-state index contributed by atoms with van der Waals surface area (Å²) in [5.74, 6) is 2.96. The van der Waals surface area contributed by atoms with Crippen LogP contribution in [0, 0.1) is 0 Å². The molecule has 0 amide bonds. The SMILES string of the molecule is CSCCSc1n[nH]c(-c2ccccc2Br)n1. The summed E-state index contributed by atoms with van der Waals surface area (Å²) in [6.45, 7) is 0. The van der Waals surface area contributed by atoms with Crippen LogP contribution >= 0.6 is 39.5 Å². The zero-order chi connectivity index (χ0) is 12.1. The molecular weight excluding hydrogens is 318 g/mol. The van der Waals surface area contributed by atoms with E-state index >= 15 is 0 Å². The van der Waals surface area contributed by atoms with Crippen molar-refractivity contribution >= 4 is 39.5 Å². The minimum absolute atomic E-state index is 0.809. The first-order chi connectivity index (χ1) is 8.31. The molecule has 1 heterocycles. The van der Waals surface area contributed by atoms with Gasteiger partial charge in [-0.2, -0.15) is 11.8 Å². The Kier molecular flexibility index (Phi) is 4.94. The summed E-state index contributed by atoms with van der Waals surface area (Å²) < 4.78 is 1.02. The first-order valence-electron chi connectivity index (χ1n) is 5.10. The Morgan fingerprint density at radius 1 is 1.29 bits per heavy atom. The highest BCUT2D eigenvalue weighted by Crippen LogP contribution is 2.26. The van der Waals surface area contributed by atoms with Crippen LogP contribution in [0.4, 0.5) is 0 Å². The predicted molar refractivity (Wildman–Crippen MR) is 78.6 cm³/mol. The molecule has 0 radical (unpaired) electrons. The van der Waals surface area contributed by atoms with Crippen LogP contribution in [0.3, 0.4) is 0 Å².